The van der Waals surface area contributed by atoms with Crippen molar-refractivity contribution in [3.63, 3.8) is 0 Å². The van der Waals surface area contributed by atoms with E-state index in [-0.39, 0.29) is 15.8 Å². The molecule has 0 aliphatic rings. The van der Waals surface area contributed by atoms with Gasteiger partial charge in [0.25, 0.3) is 0 Å². The summed E-state index contributed by atoms with van der Waals surface area (Å²) in [5, 5.41) is 0. The van der Waals surface area contributed by atoms with Crippen molar-refractivity contribution >= 4 is 34.7 Å². The quantitative estimate of drug-likeness (QED) is 0.620. The first-order valence-corrected chi connectivity index (χ1v) is 14.0. The molecule has 0 aromatic heterocycles. The molecule has 0 heterocycles. The van der Waals surface area contributed by atoms with E-state index in [2.05, 4.69) is 26.7 Å². The van der Waals surface area contributed by atoms with Crippen LogP contribution in [0.1, 0.15) is 0 Å². The standard InChI is InChI=1S/C5H14P2.2ClH.Pt/c1-6(2)5-7(3)4;;;/h5H2,1-4H3;2*1H;/q;;;+2. The molecule has 0 aromatic carbocycles. The van der Waals surface area contributed by atoms with E-state index < -0.39 is 16.5 Å². The predicted octanol–water partition coefficient (Wildman–Crippen LogP) is 3.27. The van der Waals surface area contributed by atoms with Gasteiger partial charge >= 0.3 is 35.3 Å². The summed E-state index contributed by atoms with van der Waals surface area (Å²) in [5.41, 5.74) is 0. The Morgan fingerprint density at radius 1 is 1.00 bits per heavy atom. The van der Waals surface area contributed by atoms with Gasteiger partial charge in [-0.3, -0.25) is 0 Å². The monoisotopic (exact) mass is 403 g/mol. The van der Waals surface area contributed by atoms with Gasteiger partial charge in [0.1, 0.15) is 0 Å². The average molecular weight is 404 g/mol. The summed E-state index contributed by atoms with van der Waals surface area (Å²) in [5.74, 6) is 1.56. The van der Waals surface area contributed by atoms with E-state index in [1.807, 2.05) is 0 Å². The van der Waals surface area contributed by atoms with Gasteiger partial charge in [-0.2, -0.15) is 0 Å². The first-order valence-electron chi connectivity index (χ1n) is 2.95. The maximum absolute atomic E-state index is 4.88. The van der Waals surface area contributed by atoms with Crippen LogP contribution in [-0.4, -0.2) is 32.6 Å². The molecule has 0 saturated carbocycles. The molecule has 0 saturated heterocycles. The SMILES string of the molecule is C[PH+](C)C[PH+](C)C.[Cl][Pt][Cl]. The van der Waals surface area contributed by atoms with Crippen molar-refractivity contribution in [2.45, 2.75) is 0 Å². The van der Waals surface area contributed by atoms with Crippen molar-refractivity contribution in [2.75, 3.05) is 32.6 Å². The molecule has 0 fully saturated rings. The fraction of sp³-hybridized carbons (Fsp3) is 1.00. The van der Waals surface area contributed by atoms with Gasteiger partial charge < -0.3 is 0 Å². The van der Waals surface area contributed by atoms with E-state index in [0.717, 1.165) is 0 Å². The van der Waals surface area contributed by atoms with Crippen LogP contribution in [0.5, 0.6) is 0 Å². The third-order valence-electron chi connectivity index (χ3n) is 0.707. The van der Waals surface area contributed by atoms with Crippen LogP contribution in [0.2, 0.25) is 0 Å². The minimum absolute atomic E-state index is 0.111. The molecule has 0 rings (SSSR count). The second-order valence-electron chi connectivity index (χ2n) is 2.64. The van der Waals surface area contributed by atoms with Gasteiger partial charge in [-0.1, -0.05) is 0 Å². The minimum atomic E-state index is -0.472. The van der Waals surface area contributed by atoms with E-state index >= 15 is 0 Å². The molecule has 0 aromatic rings. The molecular weight excluding hydrogens is 388 g/mol. The average Bonchev–Trinajstić information content (AvgIpc) is 1.62. The first kappa shape index (κ1) is 14.6. The Labute approximate surface area is 83.3 Å². The number of rotatable bonds is 2. The molecule has 0 unspecified atom stereocenters. The summed E-state index contributed by atoms with van der Waals surface area (Å²) in [4.78, 5) is 0. The molecule has 0 bridgehead atoms. The second kappa shape index (κ2) is 11.1. The third kappa shape index (κ3) is 22.5. The number of hydrogen-bond donors (Lipinski definition) is 0. The molecule has 5 heteroatoms. The van der Waals surface area contributed by atoms with E-state index in [1.54, 1.807) is 5.90 Å². The zero-order valence-electron chi connectivity index (χ0n) is 6.78. The molecule has 0 atom stereocenters. The predicted molar refractivity (Wildman–Crippen MR) is 56.9 cm³/mol. The maximum atomic E-state index is 4.88. The summed E-state index contributed by atoms with van der Waals surface area (Å²) in [6.07, 6.45) is 0. The molecule has 0 spiro atoms. The molecule has 68 valence electrons. The summed E-state index contributed by atoms with van der Waals surface area (Å²) >= 11 is -0.472. The van der Waals surface area contributed by atoms with Crippen LogP contribution in [0.4, 0.5) is 0 Å². The van der Waals surface area contributed by atoms with Crippen LogP contribution in [0, 0.1) is 0 Å². The van der Waals surface area contributed by atoms with Crippen molar-refractivity contribution in [1.29, 1.82) is 0 Å². The van der Waals surface area contributed by atoms with Crippen LogP contribution in [0.15, 0.2) is 0 Å². The summed E-state index contributed by atoms with van der Waals surface area (Å²) < 4.78 is 0. The Kier molecular flexibility index (Phi) is 16.3. The van der Waals surface area contributed by atoms with Gasteiger partial charge in [0.15, 0.2) is 5.90 Å². The summed E-state index contributed by atoms with van der Waals surface area (Å²) in [6, 6.07) is 0. The Hall–Kier alpha value is 2.13. The molecule has 0 aliphatic carbocycles. The van der Waals surface area contributed by atoms with Gasteiger partial charge in [0.2, 0.25) is 0 Å². The van der Waals surface area contributed by atoms with E-state index in [1.165, 1.54) is 0 Å². The fourth-order valence-corrected chi connectivity index (χ4v) is 6.36. The third-order valence-corrected chi connectivity index (χ3v) is 6.36. The first-order chi connectivity index (χ1) is 4.54. The number of halogens is 2. The second-order valence-corrected chi connectivity index (χ2v) is 12.2. The van der Waals surface area contributed by atoms with E-state index in [0.29, 0.717) is 0 Å². The van der Waals surface area contributed by atoms with Crippen molar-refractivity contribution < 1.29 is 16.5 Å². The molecule has 0 amide bonds. The van der Waals surface area contributed by atoms with Crippen molar-refractivity contribution in [3.05, 3.63) is 0 Å². The van der Waals surface area contributed by atoms with Gasteiger partial charge in [0.05, 0.1) is 0 Å². The van der Waals surface area contributed by atoms with Crippen molar-refractivity contribution in [1.82, 2.24) is 0 Å². The molecule has 10 heavy (non-hydrogen) atoms. The van der Waals surface area contributed by atoms with Crippen LogP contribution in [-0.2, 0) is 16.5 Å². The molecule has 0 N–H and O–H groups in total. The van der Waals surface area contributed by atoms with Crippen molar-refractivity contribution in [3.8, 4) is 0 Å². The molecule has 0 radical (unpaired) electrons. The fourth-order valence-electron chi connectivity index (χ4n) is 0.707. The zero-order valence-corrected chi connectivity index (χ0v) is 12.6. The number of hydrogen-bond acceptors (Lipinski definition) is 0. The van der Waals surface area contributed by atoms with Crippen LogP contribution in [0.25, 0.3) is 0 Å². The van der Waals surface area contributed by atoms with Gasteiger partial charge in [-0.05, 0) is 0 Å². The van der Waals surface area contributed by atoms with Crippen LogP contribution >= 0.6 is 34.7 Å². The molecule has 0 nitrogen and oxygen atoms in total. The zero-order chi connectivity index (χ0) is 8.57. The van der Waals surface area contributed by atoms with Gasteiger partial charge in [0, 0.05) is 42.5 Å². The van der Waals surface area contributed by atoms with Crippen LogP contribution < -0.4 is 0 Å². The van der Waals surface area contributed by atoms with E-state index in [9.17, 15) is 0 Å². The topological polar surface area (TPSA) is 0 Å². The normalized spacial score (nSPS) is 10.0. The Balaban J connectivity index is 0. The van der Waals surface area contributed by atoms with Crippen molar-refractivity contribution in [2.24, 2.45) is 0 Å². The molecule has 0 aliphatic heterocycles. The Bertz CT molecular complexity index is 55.6. The molecular formula is C5H16Cl2P2Pt+2. The van der Waals surface area contributed by atoms with Gasteiger partial charge in [-0.25, -0.2) is 0 Å². The van der Waals surface area contributed by atoms with Crippen LogP contribution in [0.3, 0.4) is 0 Å². The van der Waals surface area contributed by atoms with E-state index in [4.69, 9.17) is 18.8 Å². The summed E-state index contributed by atoms with van der Waals surface area (Å²) in [7, 11) is 9.97. The Morgan fingerprint density at radius 2 is 1.20 bits per heavy atom. The summed E-state index contributed by atoms with van der Waals surface area (Å²) in [6.45, 7) is 9.56. The Morgan fingerprint density at radius 3 is 1.20 bits per heavy atom. The van der Waals surface area contributed by atoms with Gasteiger partial charge in [-0.15, -0.1) is 0 Å².